The number of nitrogens with one attached hydrogen (secondary N) is 1. The van der Waals surface area contributed by atoms with Gasteiger partial charge in [0.1, 0.15) is 11.3 Å². The summed E-state index contributed by atoms with van der Waals surface area (Å²) in [5, 5.41) is 6.80. The summed E-state index contributed by atoms with van der Waals surface area (Å²) in [5.41, 5.74) is 1.06. The Morgan fingerprint density at radius 3 is 2.78 bits per heavy atom. The van der Waals surface area contributed by atoms with Gasteiger partial charge in [-0.3, -0.25) is 4.79 Å². The van der Waals surface area contributed by atoms with E-state index < -0.39 is 18.0 Å². The molecule has 164 valence electrons. The van der Waals surface area contributed by atoms with E-state index >= 15 is 0 Å². The summed E-state index contributed by atoms with van der Waals surface area (Å²) in [6.07, 6.45) is -0.542. The Labute approximate surface area is 179 Å². The number of ether oxygens (including phenoxy) is 2. The number of amides is 1. The molecule has 0 aliphatic carbocycles. The van der Waals surface area contributed by atoms with Crippen molar-refractivity contribution < 1.29 is 27.4 Å². The molecule has 8 nitrogen and oxygen atoms in total. The minimum absolute atomic E-state index is 0.121. The van der Waals surface area contributed by atoms with Crippen molar-refractivity contribution in [3.63, 3.8) is 0 Å². The average Bonchev–Trinajstić information content (AvgIpc) is 3.17. The Kier molecular flexibility index (Phi) is 5.63. The van der Waals surface area contributed by atoms with Crippen LogP contribution in [-0.2, 0) is 0 Å². The Morgan fingerprint density at radius 1 is 1.19 bits per heavy atom. The van der Waals surface area contributed by atoms with Gasteiger partial charge in [-0.25, -0.2) is 14.5 Å². The van der Waals surface area contributed by atoms with E-state index in [4.69, 9.17) is 4.74 Å². The first kappa shape index (κ1) is 21.1. The number of fused-ring (bicyclic) bond motifs is 1. The van der Waals surface area contributed by atoms with E-state index in [2.05, 4.69) is 25.1 Å². The van der Waals surface area contributed by atoms with Gasteiger partial charge < -0.3 is 14.8 Å². The first-order valence-corrected chi connectivity index (χ1v) is 9.44. The first-order valence-electron chi connectivity index (χ1n) is 9.44. The van der Waals surface area contributed by atoms with E-state index in [1.54, 1.807) is 18.2 Å². The maximum Gasteiger partial charge on any atom is 0.573 e. The number of para-hydroxylation sites is 1. The fraction of sp³-hybridized carbons (Fsp3) is 0.143. The number of hydrogen-bond acceptors (Lipinski definition) is 6. The van der Waals surface area contributed by atoms with Crippen molar-refractivity contribution >= 4 is 17.2 Å². The molecule has 0 saturated carbocycles. The number of hydrogen-bond donors (Lipinski definition) is 1. The van der Waals surface area contributed by atoms with Gasteiger partial charge in [0.2, 0.25) is 5.88 Å². The maximum atomic E-state index is 12.8. The maximum absolute atomic E-state index is 12.8. The SMILES string of the molecule is CCOc1cc(NC(=O)c2cnn3ccc(-c4ccccc4OC(F)(F)F)nc23)ccn1. The highest BCUT2D eigenvalue weighted by Gasteiger charge is 2.32. The molecule has 4 rings (SSSR count). The molecular formula is C21H16F3N5O3. The van der Waals surface area contributed by atoms with Crippen molar-refractivity contribution in [2.75, 3.05) is 11.9 Å². The summed E-state index contributed by atoms with van der Waals surface area (Å²) in [6.45, 7) is 2.23. The topological polar surface area (TPSA) is 90.6 Å². The van der Waals surface area contributed by atoms with E-state index in [-0.39, 0.29) is 22.5 Å². The predicted octanol–water partition coefficient (Wildman–Crippen LogP) is 4.34. The quantitative estimate of drug-likeness (QED) is 0.477. The number of rotatable bonds is 6. The van der Waals surface area contributed by atoms with Crippen molar-refractivity contribution in [3.05, 3.63) is 66.6 Å². The van der Waals surface area contributed by atoms with Crippen LogP contribution in [0.1, 0.15) is 17.3 Å². The minimum Gasteiger partial charge on any atom is -0.478 e. The molecule has 0 radical (unpaired) electrons. The van der Waals surface area contributed by atoms with Gasteiger partial charge in [-0.15, -0.1) is 13.2 Å². The lowest BCUT2D eigenvalue weighted by atomic mass is 10.1. The Morgan fingerprint density at radius 2 is 2.00 bits per heavy atom. The number of halogens is 3. The van der Waals surface area contributed by atoms with Gasteiger partial charge in [0, 0.05) is 29.7 Å². The van der Waals surface area contributed by atoms with Gasteiger partial charge in [-0.1, -0.05) is 12.1 Å². The smallest absolute Gasteiger partial charge is 0.478 e. The van der Waals surface area contributed by atoms with Gasteiger partial charge >= 0.3 is 6.36 Å². The normalized spacial score (nSPS) is 11.4. The van der Waals surface area contributed by atoms with Crippen LogP contribution in [0.5, 0.6) is 11.6 Å². The molecule has 0 fully saturated rings. The van der Waals surface area contributed by atoms with Gasteiger partial charge in [0.05, 0.1) is 18.5 Å². The van der Waals surface area contributed by atoms with E-state index in [1.807, 2.05) is 6.92 Å². The predicted molar refractivity (Wildman–Crippen MR) is 108 cm³/mol. The highest BCUT2D eigenvalue weighted by molar-refractivity contribution is 6.08. The molecule has 0 spiro atoms. The molecule has 3 heterocycles. The molecule has 0 unspecified atom stereocenters. The van der Waals surface area contributed by atoms with E-state index in [0.29, 0.717) is 18.2 Å². The second-order valence-electron chi connectivity index (χ2n) is 6.45. The van der Waals surface area contributed by atoms with Gasteiger partial charge in [0.15, 0.2) is 5.65 Å². The highest BCUT2D eigenvalue weighted by Crippen LogP contribution is 2.33. The van der Waals surface area contributed by atoms with Crippen molar-refractivity contribution in [2.24, 2.45) is 0 Å². The first-order chi connectivity index (χ1) is 15.3. The van der Waals surface area contributed by atoms with Gasteiger partial charge in [-0.05, 0) is 31.2 Å². The second-order valence-corrected chi connectivity index (χ2v) is 6.45. The number of carbonyl (C=O) groups is 1. The molecule has 32 heavy (non-hydrogen) atoms. The van der Waals surface area contributed by atoms with Crippen molar-refractivity contribution in [1.82, 2.24) is 19.6 Å². The Hall–Kier alpha value is -4.15. The van der Waals surface area contributed by atoms with Crippen molar-refractivity contribution in [3.8, 4) is 22.9 Å². The lowest BCUT2D eigenvalue weighted by molar-refractivity contribution is -0.274. The fourth-order valence-corrected chi connectivity index (χ4v) is 2.98. The third-order valence-electron chi connectivity index (χ3n) is 4.29. The van der Waals surface area contributed by atoms with Crippen LogP contribution in [0, 0.1) is 0 Å². The molecular weight excluding hydrogens is 427 g/mol. The molecule has 0 saturated heterocycles. The number of anilines is 1. The minimum atomic E-state index is -4.85. The standard InChI is InChI=1S/C21H16F3N5O3/c1-2-31-18-11-13(7-9-25-18)27-20(30)15-12-26-29-10-8-16(28-19(15)29)14-5-3-4-6-17(14)32-21(22,23)24/h3-12H,2H2,1H3,(H,25,27,30). The molecule has 11 heteroatoms. The van der Waals surface area contributed by atoms with E-state index in [9.17, 15) is 18.0 Å². The number of carbonyl (C=O) groups excluding carboxylic acids is 1. The van der Waals surface area contributed by atoms with Crippen LogP contribution in [0.25, 0.3) is 16.9 Å². The average molecular weight is 443 g/mol. The Bertz CT molecular complexity index is 1270. The molecule has 0 atom stereocenters. The third-order valence-corrected chi connectivity index (χ3v) is 4.29. The fourth-order valence-electron chi connectivity index (χ4n) is 2.98. The number of alkyl halides is 3. The van der Waals surface area contributed by atoms with Crippen LogP contribution in [-0.4, -0.2) is 38.5 Å². The molecule has 3 aromatic heterocycles. The molecule has 1 aromatic carbocycles. The number of benzene rings is 1. The summed E-state index contributed by atoms with van der Waals surface area (Å²) in [4.78, 5) is 21.2. The Balaban J connectivity index is 1.67. The summed E-state index contributed by atoms with van der Waals surface area (Å²) in [5.74, 6) is -0.549. The lowest BCUT2D eigenvalue weighted by Gasteiger charge is -2.13. The molecule has 1 N–H and O–H groups in total. The molecule has 4 aromatic rings. The highest BCUT2D eigenvalue weighted by atomic mass is 19.4. The molecule has 1 amide bonds. The van der Waals surface area contributed by atoms with Gasteiger partial charge in [-0.2, -0.15) is 5.10 Å². The zero-order valence-electron chi connectivity index (χ0n) is 16.6. The van der Waals surface area contributed by atoms with E-state index in [1.165, 1.54) is 47.4 Å². The van der Waals surface area contributed by atoms with Crippen molar-refractivity contribution in [1.29, 1.82) is 0 Å². The zero-order chi connectivity index (χ0) is 22.7. The molecule has 0 bridgehead atoms. The third kappa shape index (κ3) is 4.61. The van der Waals surface area contributed by atoms with Crippen LogP contribution in [0.3, 0.4) is 0 Å². The summed E-state index contributed by atoms with van der Waals surface area (Å²) < 4.78 is 49.1. The number of nitrogens with zero attached hydrogens (tertiary/aromatic N) is 4. The monoisotopic (exact) mass is 443 g/mol. The summed E-state index contributed by atoms with van der Waals surface area (Å²) >= 11 is 0. The summed E-state index contributed by atoms with van der Waals surface area (Å²) in [7, 11) is 0. The largest absolute Gasteiger partial charge is 0.573 e. The zero-order valence-corrected chi connectivity index (χ0v) is 16.6. The van der Waals surface area contributed by atoms with Crippen LogP contribution in [0.15, 0.2) is 61.1 Å². The van der Waals surface area contributed by atoms with Crippen LogP contribution in [0.2, 0.25) is 0 Å². The van der Waals surface area contributed by atoms with E-state index in [0.717, 1.165) is 0 Å². The second kappa shape index (κ2) is 8.53. The molecule has 0 aliphatic heterocycles. The van der Waals surface area contributed by atoms with Crippen LogP contribution >= 0.6 is 0 Å². The number of pyridine rings is 1. The molecule has 0 aliphatic rings. The van der Waals surface area contributed by atoms with Crippen LogP contribution < -0.4 is 14.8 Å². The van der Waals surface area contributed by atoms with Gasteiger partial charge in [0.25, 0.3) is 5.91 Å². The number of aromatic nitrogens is 4. The van der Waals surface area contributed by atoms with Crippen LogP contribution in [0.4, 0.5) is 18.9 Å². The lowest BCUT2D eigenvalue weighted by Crippen LogP contribution is -2.17. The summed E-state index contributed by atoms with van der Waals surface area (Å²) in [6, 6.07) is 10.3. The van der Waals surface area contributed by atoms with Crippen molar-refractivity contribution in [2.45, 2.75) is 13.3 Å².